The summed E-state index contributed by atoms with van der Waals surface area (Å²) in [6.07, 6.45) is 5.72. The van der Waals surface area contributed by atoms with Crippen molar-refractivity contribution in [3.8, 4) is 12.3 Å². The van der Waals surface area contributed by atoms with Crippen LogP contribution in [0, 0.1) is 12.3 Å². The number of thiazole rings is 1. The second-order valence-corrected chi connectivity index (χ2v) is 6.72. The Bertz CT molecular complexity index is 1070. The van der Waals surface area contributed by atoms with E-state index in [1.807, 2.05) is 47.0 Å². The number of fused-ring (bicyclic) bond motifs is 1. The summed E-state index contributed by atoms with van der Waals surface area (Å²) in [6, 6.07) is 15.0. The molecular weight excluding hydrogens is 346 g/mol. The van der Waals surface area contributed by atoms with Crippen LogP contribution in [-0.4, -0.2) is 16.4 Å². The van der Waals surface area contributed by atoms with E-state index in [1.54, 1.807) is 6.07 Å². The van der Waals surface area contributed by atoms with Crippen molar-refractivity contribution in [1.82, 2.24) is 4.57 Å². The first-order valence-corrected chi connectivity index (χ1v) is 8.84. The van der Waals surface area contributed by atoms with Gasteiger partial charge in [-0.15, -0.1) is 6.42 Å². The first-order chi connectivity index (χ1) is 12.6. The van der Waals surface area contributed by atoms with Crippen LogP contribution in [0.25, 0.3) is 10.2 Å². The molecule has 3 aromatic rings. The zero-order valence-electron chi connectivity index (χ0n) is 14.2. The van der Waals surface area contributed by atoms with Crippen LogP contribution < -0.4 is 10.1 Å². The maximum Gasteiger partial charge on any atom is 0.252 e. The molecule has 0 atom stereocenters. The number of nitrogens with one attached hydrogen (secondary N) is 1. The van der Waals surface area contributed by atoms with E-state index in [2.05, 4.69) is 16.2 Å². The maximum absolute atomic E-state index is 12.3. The smallest absolute Gasteiger partial charge is 0.252 e. The first kappa shape index (κ1) is 17.6. The number of hydrogen-bond acceptors (Lipinski definition) is 3. The number of terminal acetylenes is 1. The fraction of sp³-hybridized carbons (Fsp3) is 0.150. The van der Waals surface area contributed by atoms with Crippen molar-refractivity contribution >= 4 is 39.1 Å². The lowest BCUT2D eigenvalue weighted by molar-refractivity contribution is -0.117. The van der Waals surface area contributed by atoms with Crippen molar-refractivity contribution in [2.45, 2.75) is 19.9 Å². The Labute approximate surface area is 155 Å². The fourth-order valence-corrected chi connectivity index (χ4v) is 3.69. The number of benzene rings is 2. The van der Waals surface area contributed by atoms with Crippen molar-refractivity contribution < 1.29 is 9.59 Å². The van der Waals surface area contributed by atoms with Crippen molar-refractivity contribution in [2.75, 3.05) is 5.32 Å². The van der Waals surface area contributed by atoms with Crippen LogP contribution in [0.1, 0.15) is 12.5 Å². The average Bonchev–Trinajstić information content (AvgIpc) is 2.92. The van der Waals surface area contributed by atoms with E-state index in [-0.39, 0.29) is 18.2 Å². The van der Waals surface area contributed by atoms with Gasteiger partial charge in [-0.05, 0) is 23.8 Å². The van der Waals surface area contributed by atoms with Gasteiger partial charge in [0.25, 0.3) is 5.91 Å². The van der Waals surface area contributed by atoms with Crippen LogP contribution in [0.5, 0.6) is 0 Å². The Morgan fingerprint density at radius 1 is 1.23 bits per heavy atom. The third kappa shape index (κ3) is 4.08. The van der Waals surface area contributed by atoms with E-state index < -0.39 is 0 Å². The molecule has 0 spiro atoms. The number of amides is 2. The van der Waals surface area contributed by atoms with Crippen LogP contribution >= 0.6 is 11.3 Å². The number of hydrogen-bond donors (Lipinski definition) is 1. The number of carbonyl (C=O) groups is 2. The van der Waals surface area contributed by atoms with Gasteiger partial charge < -0.3 is 9.88 Å². The molecule has 0 radical (unpaired) electrons. The highest BCUT2D eigenvalue weighted by molar-refractivity contribution is 7.16. The van der Waals surface area contributed by atoms with Gasteiger partial charge >= 0.3 is 0 Å². The molecule has 0 bridgehead atoms. The minimum atomic E-state index is -0.226. The standard InChI is InChI=1S/C20H17N3O2S/c1-3-11-23-17-10-9-16(21-14(2)24)13-18(17)26-20(23)22-19(25)12-15-7-5-4-6-8-15/h1,4-10,13H,11-12H2,2H3,(H,21,24). The summed E-state index contributed by atoms with van der Waals surface area (Å²) in [5.41, 5.74) is 2.49. The van der Waals surface area contributed by atoms with Gasteiger partial charge in [-0.3, -0.25) is 9.59 Å². The number of aromatic nitrogens is 1. The van der Waals surface area contributed by atoms with Crippen molar-refractivity contribution in [1.29, 1.82) is 0 Å². The average molecular weight is 363 g/mol. The largest absolute Gasteiger partial charge is 0.326 e. The molecular formula is C20H17N3O2S. The number of rotatable bonds is 4. The van der Waals surface area contributed by atoms with E-state index in [0.717, 1.165) is 15.8 Å². The molecule has 1 aromatic heterocycles. The Hall–Kier alpha value is -3.17. The second-order valence-electron chi connectivity index (χ2n) is 5.71. The highest BCUT2D eigenvalue weighted by Crippen LogP contribution is 2.22. The lowest BCUT2D eigenvalue weighted by atomic mass is 10.1. The van der Waals surface area contributed by atoms with Crippen LogP contribution in [0.4, 0.5) is 5.69 Å². The Morgan fingerprint density at radius 2 is 2.00 bits per heavy atom. The maximum atomic E-state index is 12.3. The molecule has 2 amide bonds. The molecule has 5 nitrogen and oxygen atoms in total. The molecule has 0 saturated carbocycles. The Kier molecular flexibility index (Phi) is 5.30. The normalized spacial score (nSPS) is 11.3. The van der Waals surface area contributed by atoms with Crippen molar-refractivity contribution in [3.05, 3.63) is 58.9 Å². The molecule has 26 heavy (non-hydrogen) atoms. The predicted molar refractivity (Wildman–Crippen MR) is 104 cm³/mol. The molecule has 2 aromatic carbocycles. The monoisotopic (exact) mass is 363 g/mol. The predicted octanol–water partition coefficient (Wildman–Crippen LogP) is 2.96. The van der Waals surface area contributed by atoms with Crippen LogP contribution in [-0.2, 0) is 22.6 Å². The van der Waals surface area contributed by atoms with Gasteiger partial charge in [0, 0.05) is 12.6 Å². The summed E-state index contributed by atoms with van der Waals surface area (Å²) in [7, 11) is 0. The third-order valence-corrected chi connectivity index (χ3v) is 4.71. The summed E-state index contributed by atoms with van der Waals surface area (Å²) in [6.45, 7) is 1.77. The summed E-state index contributed by atoms with van der Waals surface area (Å²) in [5, 5.41) is 2.75. The molecule has 3 rings (SSSR count). The molecule has 0 saturated heterocycles. The molecule has 130 valence electrons. The number of anilines is 1. The lowest BCUT2D eigenvalue weighted by Gasteiger charge is -2.03. The van der Waals surface area contributed by atoms with E-state index in [4.69, 9.17) is 6.42 Å². The fourth-order valence-electron chi connectivity index (χ4n) is 2.60. The Balaban J connectivity index is 2.00. The van der Waals surface area contributed by atoms with Gasteiger partial charge in [0.2, 0.25) is 5.91 Å². The summed E-state index contributed by atoms with van der Waals surface area (Å²) in [4.78, 5) is 28.4. The van der Waals surface area contributed by atoms with Crippen LogP contribution in [0.3, 0.4) is 0 Å². The van der Waals surface area contributed by atoms with E-state index in [1.165, 1.54) is 18.3 Å². The number of carbonyl (C=O) groups excluding carboxylic acids is 2. The van der Waals surface area contributed by atoms with E-state index in [0.29, 0.717) is 17.0 Å². The summed E-state index contributed by atoms with van der Waals surface area (Å²) < 4.78 is 2.73. The second kappa shape index (κ2) is 7.81. The zero-order chi connectivity index (χ0) is 18.5. The molecule has 0 aliphatic heterocycles. The zero-order valence-corrected chi connectivity index (χ0v) is 15.0. The summed E-state index contributed by atoms with van der Waals surface area (Å²) in [5.74, 6) is 2.24. The van der Waals surface area contributed by atoms with Crippen LogP contribution in [0.15, 0.2) is 53.5 Å². The molecule has 0 fully saturated rings. The molecule has 0 aliphatic carbocycles. The Morgan fingerprint density at radius 3 is 2.69 bits per heavy atom. The van der Waals surface area contributed by atoms with E-state index in [9.17, 15) is 9.59 Å². The SMILES string of the molecule is C#CCn1c(=NC(=O)Cc2ccccc2)sc2cc(NC(C)=O)ccc21. The third-order valence-electron chi connectivity index (χ3n) is 3.67. The quantitative estimate of drug-likeness (QED) is 0.725. The van der Waals surface area contributed by atoms with Crippen molar-refractivity contribution in [3.63, 3.8) is 0 Å². The van der Waals surface area contributed by atoms with Crippen LogP contribution in [0.2, 0.25) is 0 Å². The van der Waals surface area contributed by atoms with Gasteiger partial charge in [0.1, 0.15) is 0 Å². The van der Waals surface area contributed by atoms with Gasteiger partial charge in [0.15, 0.2) is 4.80 Å². The van der Waals surface area contributed by atoms with Gasteiger partial charge in [0.05, 0.1) is 23.2 Å². The minimum Gasteiger partial charge on any atom is -0.326 e. The first-order valence-electron chi connectivity index (χ1n) is 8.03. The summed E-state index contributed by atoms with van der Waals surface area (Å²) >= 11 is 1.37. The lowest BCUT2D eigenvalue weighted by Crippen LogP contribution is -2.17. The van der Waals surface area contributed by atoms with Gasteiger partial charge in [-0.25, -0.2) is 0 Å². The van der Waals surface area contributed by atoms with Gasteiger partial charge in [-0.1, -0.05) is 47.6 Å². The topological polar surface area (TPSA) is 63.5 Å². The van der Waals surface area contributed by atoms with E-state index >= 15 is 0 Å². The van der Waals surface area contributed by atoms with Crippen molar-refractivity contribution in [2.24, 2.45) is 4.99 Å². The number of nitrogens with zero attached hydrogens (tertiary/aromatic N) is 2. The highest BCUT2D eigenvalue weighted by atomic mass is 32.1. The molecule has 0 aliphatic rings. The minimum absolute atomic E-state index is 0.139. The van der Waals surface area contributed by atoms with Gasteiger partial charge in [-0.2, -0.15) is 4.99 Å². The molecule has 0 unspecified atom stereocenters. The molecule has 1 heterocycles. The highest BCUT2D eigenvalue weighted by Gasteiger charge is 2.09. The molecule has 6 heteroatoms. The molecule has 1 N–H and O–H groups in total.